The smallest absolute Gasteiger partial charge is 0.314 e. The highest BCUT2D eigenvalue weighted by molar-refractivity contribution is 6.30. The Morgan fingerprint density at radius 1 is 1.41 bits per heavy atom. The third-order valence-corrected chi connectivity index (χ3v) is 3.78. The standard InChI is InChI=1S/C13H13ClO3/c1-8-6-13(8,12(16)17)10-4-2-9(3-5-10)11(15)7-14/h2-5,8H,6-7H2,1H3,(H,16,17). The average molecular weight is 253 g/mol. The number of ketones is 1. The van der Waals surface area contributed by atoms with Gasteiger partial charge in [-0.15, -0.1) is 11.6 Å². The van der Waals surface area contributed by atoms with E-state index in [2.05, 4.69) is 0 Å². The quantitative estimate of drug-likeness (QED) is 0.662. The van der Waals surface area contributed by atoms with Gasteiger partial charge in [0, 0.05) is 5.56 Å². The topological polar surface area (TPSA) is 54.4 Å². The van der Waals surface area contributed by atoms with E-state index < -0.39 is 11.4 Å². The average Bonchev–Trinajstić information content (AvgIpc) is 3.02. The summed E-state index contributed by atoms with van der Waals surface area (Å²) in [6.07, 6.45) is 0.658. The van der Waals surface area contributed by atoms with Gasteiger partial charge in [-0.3, -0.25) is 9.59 Å². The van der Waals surface area contributed by atoms with Gasteiger partial charge >= 0.3 is 5.97 Å². The summed E-state index contributed by atoms with van der Waals surface area (Å²) in [5, 5.41) is 9.26. The first-order valence-corrected chi connectivity index (χ1v) is 5.99. The molecule has 1 aliphatic rings. The third kappa shape index (κ3) is 1.84. The molecule has 0 aromatic heterocycles. The SMILES string of the molecule is CC1CC1(C(=O)O)c1ccc(C(=O)CCl)cc1. The van der Waals surface area contributed by atoms with Crippen LogP contribution in [-0.2, 0) is 10.2 Å². The van der Waals surface area contributed by atoms with Crippen molar-refractivity contribution in [2.75, 3.05) is 5.88 Å². The molecule has 1 aliphatic carbocycles. The molecule has 1 fully saturated rings. The fraction of sp³-hybridized carbons (Fsp3) is 0.385. The number of rotatable bonds is 4. The lowest BCUT2D eigenvalue weighted by molar-refractivity contribution is -0.140. The molecule has 0 saturated heterocycles. The molecule has 2 rings (SSSR count). The third-order valence-electron chi connectivity index (χ3n) is 3.53. The molecule has 0 aliphatic heterocycles. The highest BCUT2D eigenvalue weighted by atomic mass is 35.5. The first-order valence-electron chi connectivity index (χ1n) is 5.45. The van der Waals surface area contributed by atoms with Crippen molar-refractivity contribution in [2.45, 2.75) is 18.8 Å². The van der Waals surface area contributed by atoms with Crippen LogP contribution in [0, 0.1) is 5.92 Å². The Balaban J connectivity index is 2.30. The molecule has 0 amide bonds. The first kappa shape index (κ1) is 12.1. The van der Waals surface area contributed by atoms with Crippen molar-refractivity contribution in [1.82, 2.24) is 0 Å². The van der Waals surface area contributed by atoms with Gasteiger partial charge < -0.3 is 5.11 Å². The van der Waals surface area contributed by atoms with E-state index in [9.17, 15) is 14.7 Å². The van der Waals surface area contributed by atoms with Gasteiger partial charge in [0.25, 0.3) is 0 Å². The number of aliphatic carboxylic acids is 1. The van der Waals surface area contributed by atoms with Crippen LogP contribution in [0.25, 0.3) is 0 Å². The number of carboxylic acids is 1. The Morgan fingerprint density at radius 2 is 1.94 bits per heavy atom. The molecule has 1 aromatic rings. The van der Waals surface area contributed by atoms with E-state index in [1.807, 2.05) is 6.92 Å². The predicted octanol–water partition coefficient (Wildman–Crippen LogP) is 2.47. The fourth-order valence-electron chi connectivity index (χ4n) is 2.28. The molecule has 0 radical (unpaired) electrons. The zero-order valence-corrected chi connectivity index (χ0v) is 10.2. The van der Waals surface area contributed by atoms with Gasteiger partial charge in [0.15, 0.2) is 5.78 Å². The molecule has 0 spiro atoms. The van der Waals surface area contributed by atoms with Gasteiger partial charge in [-0.25, -0.2) is 0 Å². The van der Waals surface area contributed by atoms with Crippen LogP contribution in [-0.4, -0.2) is 22.7 Å². The number of halogens is 1. The molecule has 90 valence electrons. The van der Waals surface area contributed by atoms with Crippen LogP contribution < -0.4 is 0 Å². The van der Waals surface area contributed by atoms with Crippen molar-refractivity contribution in [1.29, 1.82) is 0 Å². The molecule has 2 unspecified atom stereocenters. The molecule has 3 nitrogen and oxygen atoms in total. The Kier molecular flexibility index (Phi) is 2.96. The Hall–Kier alpha value is -1.35. The second kappa shape index (κ2) is 4.15. The minimum absolute atomic E-state index is 0.0557. The van der Waals surface area contributed by atoms with E-state index in [0.717, 1.165) is 5.56 Å². The molecule has 0 heterocycles. The van der Waals surface area contributed by atoms with E-state index in [4.69, 9.17) is 11.6 Å². The van der Waals surface area contributed by atoms with Gasteiger partial charge in [0.1, 0.15) is 0 Å². The summed E-state index contributed by atoms with van der Waals surface area (Å²) in [5.41, 5.74) is 0.545. The van der Waals surface area contributed by atoms with E-state index in [1.165, 1.54) is 0 Å². The lowest BCUT2D eigenvalue weighted by atomic mass is 9.92. The highest BCUT2D eigenvalue weighted by Gasteiger charge is 2.58. The van der Waals surface area contributed by atoms with Crippen molar-refractivity contribution < 1.29 is 14.7 Å². The summed E-state index contributed by atoms with van der Waals surface area (Å²) < 4.78 is 0. The van der Waals surface area contributed by atoms with Crippen LogP contribution in [0.3, 0.4) is 0 Å². The monoisotopic (exact) mass is 252 g/mol. The van der Waals surface area contributed by atoms with Crippen molar-refractivity contribution in [3.8, 4) is 0 Å². The van der Waals surface area contributed by atoms with Crippen molar-refractivity contribution in [3.63, 3.8) is 0 Å². The maximum Gasteiger partial charge on any atom is 0.314 e. The Labute approximate surface area is 104 Å². The summed E-state index contributed by atoms with van der Waals surface area (Å²) in [7, 11) is 0. The number of carbonyl (C=O) groups is 2. The van der Waals surface area contributed by atoms with Crippen LogP contribution in [0.2, 0.25) is 0 Å². The molecular weight excluding hydrogens is 240 g/mol. The predicted molar refractivity (Wildman–Crippen MR) is 64.6 cm³/mol. The minimum Gasteiger partial charge on any atom is -0.481 e. The lowest BCUT2D eigenvalue weighted by Crippen LogP contribution is -2.22. The number of hydrogen-bond acceptors (Lipinski definition) is 2. The largest absolute Gasteiger partial charge is 0.481 e. The molecule has 4 heteroatoms. The number of carbonyl (C=O) groups excluding carboxylic acids is 1. The Bertz CT molecular complexity index is 466. The van der Waals surface area contributed by atoms with Crippen molar-refractivity contribution in [3.05, 3.63) is 35.4 Å². The van der Waals surface area contributed by atoms with E-state index in [-0.39, 0.29) is 17.6 Å². The zero-order chi connectivity index (χ0) is 12.6. The highest BCUT2D eigenvalue weighted by Crippen LogP contribution is 2.54. The van der Waals surface area contributed by atoms with Crippen LogP contribution in [0.4, 0.5) is 0 Å². The summed E-state index contributed by atoms with van der Waals surface area (Å²) in [5.74, 6) is -0.845. The summed E-state index contributed by atoms with van der Waals surface area (Å²) in [4.78, 5) is 22.6. The fourth-order valence-corrected chi connectivity index (χ4v) is 2.43. The number of benzene rings is 1. The zero-order valence-electron chi connectivity index (χ0n) is 9.44. The van der Waals surface area contributed by atoms with Gasteiger partial charge in [-0.2, -0.15) is 0 Å². The normalized spacial score (nSPS) is 26.6. The molecule has 2 atom stereocenters. The summed E-state index contributed by atoms with van der Waals surface area (Å²) in [6.45, 7) is 1.92. The second-order valence-corrected chi connectivity index (χ2v) is 4.78. The van der Waals surface area contributed by atoms with Crippen LogP contribution in [0.1, 0.15) is 29.3 Å². The van der Waals surface area contributed by atoms with Gasteiger partial charge in [0.05, 0.1) is 11.3 Å². The molecule has 1 aromatic carbocycles. The molecular formula is C13H13ClO3. The summed E-state index contributed by atoms with van der Waals surface area (Å²) >= 11 is 5.46. The van der Waals surface area contributed by atoms with Gasteiger partial charge in [-0.1, -0.05) is 31.2 Å². The van der Waals surface area contributed by atoms with Crippen molar-refractivity contribution >= 4 is 23.4 Å². The summed E-state index contributed by atoms with van der Waals surface area (Å²) in [6, 6.07) is 6.74. The molecule has 1 saturated carbocycles. The molecule has 17 heavy (non-hydrogen) atoms. The molecule has 0 bridgehead atoms. The van der Waals surface area contributed by atoms with E-state index >= 15 is 0 Å². The van der Waals surface area contributed by atoms with Gasteiger partial charge in [0.2, 0.25) is 0 Å². The Morgan fingerprint density at radius 3 is 2.29 bits per heavy atom. The van der Waals surface area contributed by atoms with Crippen LogP contribution in [0.15, 0.2) is 24.3 Å². The second-order valence-electron chi connectivity index (χ2n) is 4.52. The van der Waals surface area contributed by atoms with Gasteiger partial charge in [-0.05, 0) is 17.9 Å². The number of hydrogen-bond donors (Lipinski definition) is 1. The first-order chi connectivity index (χ1) is 8.02. The minimum atomic E-state index is -0.790. The molecule has 1 N–H and O–H groups in total. The number of alkyl halides is 1. The number of Topliss-reactive ketones (excluding diaryl/α,β-unsaturated/α-hetero) is 1. The van der Waals surface area contributed by atoms with E-state index in [0.29, 0.717) is 12.0 Å². The maximum absolute atomic E-state index is 11.3. The van der Waals surface area contributed by atoms with Crippen LogP contribution in [0.5, 0.6) is 0 Å². The lowest BCUT2D eigenvalue weighted by Gasteiger charge is -2.11. The van der Waals surface area contributed by atoms with E-state index in [1.54, 1.807) is 24.3 Å². The maximum atomic E-state index is 11.3. The van der Waals surface area contributed by atoms with Crippen LogP contribution >= 0.6 is 11.6 Å². The number of carboxylic acid groups (broad SMARTS) is 1. The van der Waals surface area contributed by atoms with Crippen molar-refractivity contribution in [2.24, 2.45) is 5.92 Å².